The van der Waals surface area contributed by atoms with Crippen LogP contribution in [0.1, 0.15) is 36.2 Å². The van der Waals surface area contributed by atoms with Gasteiger partial charge in [0.2, 0.25) is 0 Å². The van der Waals surface area contributed by atoms with Crippen LogP contribution in [0.5, 0.6) is 0 Å². The summed E-state index contributed by atoms with van der Waals surface area (Å²) in [6, 6.07) is 6.10. The average Bonchev–Trinajstić information content (AvgIpc) is 2.70. The van der Waals surface area contributed by atoms with Gasteiger partial charge in [0.1, 0.15) is 5.69 Å². The Balaban J connectivity index is 1.35. The Morgan fingerprint density at radius 2 is 1.92 bits per heavy atom. The van der Waals surface area contributed by atoms with Gasteiger partial charge < -0.3 is 9.64 Å². The summed E-state index contributed by atoms with van der Waals surface area (Å²) in [7, 11) is 0. The molecule has 5 heteroatoms. The number of rotatable bonds is 2. The number of carbonyl (C=O) groups is 1. The Morgan fingerprint density at radius 1 is 1.12 bits per heavy atom. The summed E-state index contributed by atoms with van der Waals surface area (Å²) in [5, 5.41) is 0. The van der Waals surface area contributed by atoms with E-state index in [1.54, 1.807) is 12.3 Å². The molecular formula is C20H27N3O2. The molecule has 3 aliphatic rings. The van der Waals surface area contributed by atoms with Crippen LogP contribution in [-0.2, 0) is 4.74 Å². The van der Waals surface area contributed by atoms with E-state index < -0.39 is 0 Å². The van der Waals surface area contributed by atoms with E-state index in [0.29, 0.717) is 17.2 Å². The van der Waals surface area contributed by atoms with E-state index in [-0.39, 0.29) is 5.91 Å². The molecule has 1 amide bonds. The first-order chi connectivity index (χ1) is 12.3. The van der Waals surface area contributed by atoms with E-state index in [2.05, 4.69) is 22.0 Å². The second-order valence-corrected chi connectivity index (χ2v) is 7.48. The molecule has 0 bridgehead atoms. The van der Waals surface area contributed by atoms with Crippen molar-refractivity contribution < 1.29 is 9.53 Å². The van der Waals surface area contributed by atoms with Gasteiger partial charge in [-0.15, -0.1) is 0 Å². The van der Waals surface area contributed by atoms with Crippen molar-refractivity contribution in [1.29, 1.82) is 0 Å². The van der Waals surface area contributed by atoms with Crippen LogP contribution in [0.4, 0.5) is 0 Å². The molecule has 1 aromatic rings. The highest BCUT2D eigenvalue weighted by Gasteiger charge is 2.37. The number of allylic oxidation sites excluding steroid dienone is 1. The van der Waals surface area contributed by atoms with Crippen LogP contribution in [0.15, 0.2) is 36.5 Å². The maximum atomic E-state index is 12.6. The van der Waals surface area contributed by atoms with Gasteiger partial charge >= 0.3 is 0 Å². The predicted octanol–water partition coefficient (Wildman–Crippen LogP) is 2.35. The zero-order valence-corrected chi connectivity index (χ0v) is 14.8. The molecule has 0 radical (unpaired) electrons. The number of hydrogen-bond donors (Lipinski definition) is 0. The highest BCUT2D eigenvalue weighted by molar-refractivity contribution is 5.92. The van der Waals surface area contributed by atoms with Gasteiger partial charge in [-0.1, -0.05) is 18.2 Å². The second-order valence-electron chi connectivity index (χ2n) is 7.48. The van der Waals surface area contributed by atoms with Gasteiger partial charge in [-0.25, -0.2) is 0 Å². The summed E-state index contributed by atoms with van der Waals surface area (Å²) in [4.78, 5) is 21.3. The molecule has 4 rings (SSSR count). The maximum Gasteiger partial charge on any atom is 0.272 e. The number of amides is 1. The van der Waals surface area contributed by atoms with Crippen molar-refractivity contribution >= 4 is 5.91 Å². The molecule has 1 aromatic heterocycles. The van der Waals surface area contributed by atoms with Crippen LogP contribution >= 0.6 is 0 Å². The van der Waals surface area contributed by atoms with Gasteiger partial charge in [0.15, 0.2) is 0 Å². The molecular weight excluding hydrogens is 314 g/mol. The first-order valence-corrected chi connectivity index (χ1v) is 9.47. The van der Waals surface area contributed by atoms with E-state index in [0.717, 1.165) is 52.2 Å². The lowest BCUT2D eigenvalue weighted by Gasteiger charge is -2.44. The van der Waals surface area contributed by atoms with E-state index >= 15 is 0 Å². The summed E-state index contributed by atoms with van der Waals surface area (Å²) < 4.78 is 5.46. The number of pyridine rings is 1. The minimum absolute atomic E-state index is 0.0708. The molecule has 134 valence electrons. The predicted molar refractivity (Wildman–Crippen MR) is 96.4 cm³/mol. The van der Waals surface area contributed by atoms with E-state index in [4.69, 9.17) is 4.74 Å². The van der Waals surface area contributed by atoms with Crippen molar-refractivity contribution in [3.05, 3.63) is 42.2 Å². The van der Waals surface area contributed by atoms with Gasteiger partial charge in [-0.3, -0.25) is 14.7 Å². The fourth-order valence-corrected chi connectivity index (χ4v) is 4.37. The molecule has 2 saturated heterocycles. The fourth-order valence-electron chi connectivity index (χ4n) is 4.37. The van der Waals surface area contributed by atoms with Gasteiger partial charge in [0.25, 0.3) is 5.91 Å². The highest BCUT2D eigenvalue weighted by atomic mass is 16.5. The first-order valence-electron chi connectivity index (χ1n) is 9.47. The third-order valence-electron chi connectivity index (χ3n) is 6.06. The van der Waals surface area contributed by atoms with Crippen molar-refractivity contribution in [2.45, 2.75) is 31.7 Å². The van der Waals surface area contributed by atoms with Crippen LogP contribution in [-0.4, -0.2) is 66.1 Å². The number of piperidine rings is 1. The minimum Gasteiger partial charge on any atom is -0.379 e. The molecule has 5 nitrogen and oxygen atoms in total. The third-order valence-corrected chi connectivity index (χ3v) is 6.06. The van der Waals surface area contributed by atoms with Crippen molar-refractivity contribution in [1.82, 2.24) is 14.8 Å². The van der Waals surface area contributed by atoms with Crippen LogP contribution in [0.2, 0.25) is 0 Å². The number of aromatic nitrogens is 1. The summed E-state index contributed by atoms with van der Waals surface area (Å²) in [6.07, 6.45) is 11.2. The first kappa shape index (κ1) is 16.7. The molecule has 1 spiro atoms. The molecule has 0 unspecified atom stereocenters. The monoisotopic (exact) mass is 341 g/mol. The van der Waals surface area contributed by atoms with Crippen molar-refractivity contribution in [3.63, 3.8) is 0 Å². The lowest BCUT2D eigenvalue weighted by molar-refractivity contribution is 0.0177. The summed E-state index contributed by atoms with van der Waals surface area (Å²) >= 11 is 0. The summed E-state index contributed by atoms with van der Waals surface area (Å²) in [5.74, 6) is 0.0708. The van der Waals surface area contributed by atoms with Crippen molar-refractivity contribution in [2.75, 3.05) is 39.4 Å². The lowest BCUT2D eigenvalue weighted by atomic mass is 9.71. The largest absolute Gasteiger partial charge is 0.379 e. The zero-order valence-electron chi connectivity index (χ0n) is 14.8. The number of likely N-dealkylation sites (tertiary alicyclic amines) is 1. The number of carbonyl (C=O) groups excluding carboxylic acids is 1. The van der Waals surface area contributed by atoms with Crippen LogP contribution in [0.25, 0.3) is 0 Å². The number of nitrogens with zero attached hydrogens (tertiary/aromatic N) is 3. The topological polar surface area (TPSA) is 45.7 Å². The number of ether oxygens (including phenoxy) is 1. The Labute approximate surface area is 149 Å². The van der Waals surface area contributed by atoms with Crippen LogP contribution in [0, 0.1) is 5.41 Å². The molecule has 2 fully saturated rings. The number of hydrogen-bond acceptors (Lipinski definition) is 4. The molecule has 1 aliphatic carbocycles. The van der Waals surface area contributed by atoms with Crippen LogP contribution in [0.3, 0.4) is 0 Å². The van der Waals surface area contributed by atoms with Gasteiger partial charge in [-0.2, -0.15) is 0 Å². The molecule has 25 heavy (non-hydrogen) atoms. The van der Waals surface area contributed by atoms with E-state index in [1.165, 1.54) is 12.8 Å². The van der Waals surface area contributed by atoms with Gasteiger partial charge in [-0.05, 0) is 43.2 Å². The molecule has 0 aromatic carbocycles. The third kappa shape index (κ3) is 3.62. The Kier molecular flexibility index (Phi) is 4.86. The van der Waals surface area contributed by atoms with E-state index in [9.17, 15) is 4.79 Å². The summed E-state index contributed by atoms with van der Waals surface area (Å²) in [5.41, 5.74) is 0.856. The normalized spacial score (nSPS) is 26.7. The smallest absolute Gasteiger partial charge is 0.272 e. The SMILES string of the molecule is O=C(c1ccccn1)N1CCC2(C=C[C@H](N3CCOCC3)CC2)CC1. The molecule has 0 N–H and O–H groups in total. The Hall–Kier alpha value is -1.72. The molecule has 3 heterocycles. The summed E-state index contributed by atoms with van der Waals surface area (Å²) in [6.45, 7) is 5.49. The zero-order chi connectivity index (χ0) is 17.1. The standard InChI is InChI=1S/C20H27N3O2/c24-19(18-3-1-2-10-21-18)23-11-8-20(9-12-23)6-4-17(5-7-20)22-13-15-25-16-14-22/h1-4,6,10,17H,5,7-9,11-16H2/t17-/m0/s1. The number of morpholine rings is 1. The highest BCUT2D eigenvalue weighted by Crippen LogP contribution is 2.41. The van der Waals surface area contributed by atoms with Crippen LogP contribution < -0.4 is 0 Å². The fraction of sp³-hybridized carbons (Fsp3) is 0.600. The maximum absolute atomic E-state index is 12.6. The lowest BCUT2D eigenvalue weighted by Crippen LogP contribution is -2.47. The van der Waals surface area contributed by atoms with Crippen molar-refractivity contribution in [3.8, 4) is 0 Å². The Morgan fingerprint density at radius 3 is 2.56 bits per heavy atom. The minimum atomic E-state index is 0.0708. The van der Waals surface area contributed by atoms with Crippen molar-refractivity contribution in [2.24, 2.45) is 5.41 Å². The molecule has 2 aliphatic heterocycles. The average molecular weight is 341 g/mol. The van der Waals surface area contributed by atoms with E-state index in [1.807, 2.05) is 17.0 Å². The van der Waals surface area contributed by atoms with Gasteiger partial charge in [0.05, 0.1) is 13.2 Å². The van der Waals surface area contributed by atoms with Gasteiger partial charge in [0, 0.05) is 38.4 Å². The molecule has 1 atom stereocenters. The quantitative estimate of drug-likeness (QED) is 0.775. The molecule has 0 saturated carbocycles. The second kappa shape index (κ2) is 7.26. The Bertz CT molecular complexity index is 617.